The highest BCUT2D eigenvalue weighted by Gasteiger charge is 2.32. The van der Waals surface area contributed by atoms with Crippen LogP contribution in [0.3, 0.4) is 0 Å². The topological polar surface area (TPSA) is 35.5 Å². The zero-order valence-corrected chi connectivity index (χ0v) is 9.51. The maximum atomic E-state index is 10.6. The van der Waals surface area contributed by atoms with Crippen LogP contribution >= 0.6 is 0 Å². The van der Waals surface area contributed by atoms with E-state index in [-0.39, 0.29) is 11.7 Å². The van der Waals surface area contributed by atoms with Gasteiger partial charge in [-0.25, -0.2) is 0 Å². The van der Waals surface area contributed by atoms with E-state index < -0.39 is 8.32 Å². The second kappa shape index (κ2) is 4.62. The van der Waals surface area contributed by atoms with E-state index in [1.165, 1.54) is 6.92 Å². The van der Waals surface area contributed by atoms with E-state index >= 15 is 0 Å². The summed E-state index contributed by atoms with van der Waals surface area (Å²) in [6.45, 7) is 10.0. The van der Waals surface area contributed by atoms with Crippen LogP contribution in [0.4, 0.5) is 0 Å². The summed E-state index contributed by atoms with van der Waals surface area (Å²) in [5.74, 6) is -0.234. The number of hydrogen-bond donors (Lipinski definition) is 0. The molecule has 1 unspecified atom stereocenters. The normalized spacial score (nSPS) is 14.1. The Morgan fingerprint density at radius 2 is 2.00 bits per heavy atom. The molecule has 12 heavy (non-hydrogen) atoms. The van der Waals surface area contributed by atoms with Crippen LogP contribution < -0.4 is 0 Å². The van der Waals surface area contributed by atoms with Gasteiger partial charge in [-0.05, 0) is 26.9 Å². The summed E-state index contributed by atoms with van der Waals surface area (Å²) in [5.41, 5.74) is -0.0741. The molecule has 0 saturated heterocycles. The average Bonchev–Trinajstić information content (AvgIpc) is 1.85. The number of ether oxygens (including phenoxy) is 1. The number of esters is 1. The van der Waals surface area contributed by atoms with Gasteiger partial charge in [-0.2, -0.15) is 0 Å². The van der Waals surface area contributed by atoms with E-state index in [0.29, 0.717) is 6.61 Å². The van der Waals surface area contributed by atoms with Gasteiger partial charge in [-0.3, -0.25) is 4.79 Å². The van der Waals surface area contributed by atoms with Crippen molar-refractivity contribution in [2.45, 2.75) is 39.6 Å². The minimum atomic E-state index is -1.81. The minimum absolute atomic E-state index is 0.0741. The molecule has 0 heterocycles. The molecule has 1 atom stereocenters. The Hall–Kier alpha value is -0.353. The second-order valence-corrected chi connectivity index (χ2v) is 7.60. The molecule has 0 aliphatic carbocycles. The lowest BCUT2D eigenvalue weighted by molar-refractivity contribution is -0.143. The van der Waals surface area contributed by atoms with Gasteiger partial charge < -0.3 is 9.16 Å². The Morgan fingerprint density at radius 1 is 1.50 bits per heavy atom. The third-order valence-electron chi connectivity index (χ3n) is 1.84. The van der Waals surface area contributed by atoms with Gasteiger partial charge in [0, 0.05) is 13.5 Å². The molecule has 3 nitrogen and oxygen atoms in total. The molecule has 0 aromatic carbocycles. The van der Waals surface area contributed by atoms with Gasteiger partial charge in [-0.15, -0.1) is 0 Å². The van der Waals surface area contributed by atoms with Crippen molar-refractivity contribution in [1.29, 1.82) is 0 Å². The van der Waals surface area contributed by atoms with Crippen LogP contribution in [0.25, 0.3) is 0 Å². The molecule has 0 N–H and O–H groups in total. The van der Waals surface area contributed by atoms with Gasteiger partial charge in [-0.1, -0.05) is 0 Å². The first kappa shape index (κ1) is 11.6. The zero-order chi connectivity index (χ0) is 9.78. The van der Waals surface area contributed by atoms with E-state index in [0.717, 1.165) is 0 Å². The van der Waals surface area contributed by atoms with Crippen LogP contribution in [0.1, 0.15) is 20.8 Å². The van der Waals surface area contributed by atoms with Crippen molar-refractivity contribution in [2.75, 3.05) is 6.61 Å². The highest BCUT2D eigenvalue weighted by atomic mass is 28.4. The molecule has 0 aliphatic rings. The molecule has 0 aromatic heterocycles. The van der Waals surface area contributed by atoms with Crippen molar-refractivity contribution in [3.8, 4) is 0 Å². The number of carbonyl (C=O) groups is 1. The minimum Gasteiger partial charge on any atom is -0.464 e. The van der Waals surface area contributed by atoms with Crippen LogP contribution in [0, 0.1) is 0 Å². The highest BCUT2D eigenvalue weighted by molar-refractivity contribution is 6.72. The maximum Gasteiger partial charge on any atom is 0.302 e. The van der Waals surface area contributed by atoms with Crippen LogP contribution in [0.5, 0.6) is 0 Å². The predicted octanol–water partition coefficient (Wildman–Crippen LogP) is 1.72. The van der Waals surface area contributed by atoms with E-state index in [1.807, 2.05) is 26.9 Å². The Kier molecular flexibility index (Phi) is 4.48. The van der Waals surface area contributed by atoms with Gasteiger partial charge >= 0.3 is 5.97 Å². The Labute approximate surface area is 75.2 Å². The zero-order valence-electron chi connectivity index (χ0n) is 8.51. The smallest absolute Gasteiger partial charge is 0.302 e. The van der Waals surface area contributed by atoms with Crippen molar-refractivity contribution >= 4 is 14.3 Å². The summed E-state index contributed by atoms with van der Waals surface area (Å²) in [4.78, 5) is 10.6. The fourth-order valence-electron chi connectivity index (χ4n) is 0.880. The Morgan fingerprint density at radius 3 is 2.33 bits per heavy atom. The lowest BCUT2D eigenvalue weighted by Gasteiger charge is -2.28. The standard InChI is InChI=1S/C8H18O3Si/c1-6-10-12(4,5)8(3)11-7(2)9/h8H,6H2,1-5H3. The summed E-state index contributed by atoms with van der Waals surface area (Å²) >= 11 is 0. The van der Waals surface area contributed by atoms with Gasteiger partial charge in [0.05, 0.1) is 0 Å². The molecule has 0 aliphatic heterocycles. The third kappa shape index (κ3) is 3.87. The van der Waals surface area contributed by atoms with Crippen molar-refractivity contribution in [2.24, 2.45) is 0 Å². The first-order valence-electron chi connectivity index (χ1n) is 4.21. The maximum absolute atomic E-state index is 10.6. The summed E-state index contributed by atoms with van der Waals surface area (Å²) in [5, 5.41) is 0. The summed E-state index contributed by atoms with van der Waals surface area (Å²) < 4.78 is 10.6. The summed E-state index contributed by atoms with van der Waals surface area (Å²) in [6.07, 6.45) is 0. The molecule has 0 spiro atoms. The van der Waals surface area contributed by atoms with Crippen molar-refractivity contribution in [3.05, 3.63) is 0 Å². The van der Waals surface area contributed by atoms with Gasteiger partial charge in [0.2, 0.25) is 8.32 Å². The monoisotopic (exact) mass is 190 g/mol. The largest absolute Gasteiger partial charge is 0.464 e. The van der Waals surface area contributed by atoms with Crippen LogP contribution in [0.15, 0.2) is 0 Å². The second-order valence-electron chi connectivity index (χ2n) is 3.29. The molecule has 0 radical (unpaired) electrons. The summed E-state index contributed by atoms with van der Waals surface area (Å²) in [6, 6.07) is 0. The van der Waals surface area contributed by atoms with Gasteiger partial charge in [0.1, 0.15) is 5.73 Å². The molecule has 0 aromatic rings. The van der Waals surface area contributed by atoms with E-state index in [1.54, 1.807) is 0 Å². The molecule has 0 bridgehead atoms. The molecule has 0 saturated carbocycles. The van der Waals surface area contributed by atoms with E-state index in [4.69, 9.17) is 9.16 Å². The molecule has 4 heteroatoms. The van der Waals surface area contributed by atoms with E-state index in [9.17, 15) is 4.79 Å². The Bertz CT molecular complexity index is 156. The molecular weight excluding hydrogens is 172 g/mol. The molecule has 0 amide bonds. The highest BCUT2D eigenvalue weighted by Crippen LogP contribution is 2.13. The average molecular weight is 190 g/mol. The summed E-state index contributed by atoms with van der Waals surface area (Å²) in [7, 11) is -1.81. The predicted molar refractivity (Wildman–Crippen MR) is 50.3 cm³/mol. The quantitative estimate of drug-likeness (QED) is 0.500. The SMILES string of the molecule is CCO[Si](C)(C)C(C)OC(C)=O. The first-order valence-corrected chi connectivity index (χ1v) is 7.20. The van der Waals surface area contributed by atoms with Crippen molar-refractivity contribution in [3.63, 3.8) is 0 Å². The third-order valence-corrected chi connectivity index (χ3v) is 4.95. The van der Waals surface area contributed by atoms with Gasteiger partial charge in [0.15, 0.2) is 0 Å². The van der Waals surface area contributed by atoms with Crippen LogP contribution in [-0.4, -0.2) is 26.6 Å². The Balaban J connectivity index is 4.04. The first-order chi connectivity index (χ1) is 5.40. The molecule has 72 valence electrons. The van der Waals surface area contributed by atoms with E-state index in [2.05, 4.69) is 0 Å². The van der Waals surface area contributed by atoms with Gasteiger partial charge in [0.25, 0.3) is 0 Å². The lowest BCUT2D eigenvalue weighted by atomic mass is 10.8. The number of carbonyl (C=O) groups excluding carboxylic acids is 1. The fourth-order valence-corrected chi connectivity index (χ4v) is 2.31. The number of rotatable bonds is 4. The van der Waals surface area contributed by atoms with Crippen LogP contribution in [0.2, 0.25) is 13.1 Å². The molecule has 0 rings (SSSR count). The van der Waals surface area contributed by atoms with Crippen molar-refractivity contribution in [1.82, 2.24) is 0 Å². The number of hydrogen-bond acceptors (Lipinski definition) is 3. The van der Waals surface area contributed by atoms with Crippen molar-refractivity contribution < 1.29 is 14.0 Å². The fraction of sp³-hybridized carbons (Fsp3) is 0.875. The van der Waals surface area contributed by atoms with Crippen LogP contribution in [-0.2, 0) is 14.0 Å². The molecule has 0 fully saturated rings. The molecular formula is C8H18O3Si. The lowest BCUT2D eigenvalue weighted by Crippen LogP contribution is -2.45.